The van der Waals surface area contributed by atoms with Gasteiger partial charge in [-0.1, -0.05) is 0 Å². The first-order valence-corrected chi connectivity index (χ1v) is 10.3. The van der Waals surface area contributed by atoms with Crippen molar-refractivity contribution < 1.29 is 14.3 Å². The molecule has 26 heavy (non-hydrogen) atoms. The molecule has 3 aliphatic rings. The highest BCUT2D eigenvalue weighted by molar-refractivity contribution is 9.10. The molecule has 0 unspecified atom stereocenters. The predicted molar refractivity (Wildman–Crippen MR) is 100 cm³/mol. The molecule has 1 aromatic rings. The molecule has 4 rings (SSSR count). The fourth-order valence-corrected chi connectivity index (χ4v) is 5.12. The van der Waals surface area contributed by atoms with E-state index in [2.05, 4.69) is 25.8 Å². The number of likely N-dealkylation sites (tertiary alicyclic amines) is 1. The minimum atomic E-state index is -0.324. The third-order valence-electron chi connectivity index (χ3n) is 6.46. The van der Waals surface area contributed by atoms with Crippen LogP contribution < -0.4 is 4.90 Å². The fourth-order valence-electron chi connectivity index (χ4n) is 4.82. The number of aliphatic hydroxyl groups excluding tert-OH is 1. The van der Waals surface area contributed by atoms with E-state index in [4.69, 9.17) is 0 Å². The molecule has 0 bridgehead atoms. The van der Waals surface area contributed by atoms with Crippen molar-refractivity contribution in [3.63, 3.8) is 0 Å². The molecule has 1 saturated carbocycles. The molecule has 0 aromatic carbocycles. The molecule has 5 nitrogen and oxygen atoms in total. The van der Waals surface area contributed by atoms with Crippen molar-refractivity contribution in [2.24, 2.45) is 5.41 Å². The van der Waals surface area contributed by atoms with Gasteiger partial charge in [-0.25, -0.2) is 9.37 Å². The Morgan fingerprint density at radius 2 is 1.81 bits per heavy atom. The number of hydrogen-bond donors (Lipinski definition) is 1. The van der Waals surface area contributed by atoms with Gasteiger partial charge in [0.05, 0.1) is 11.5 Å². The minimum Gasteiger partial charge on any atom is -0.393 e. The van der Waals surface area contributed by atoms with Gasteiger partial charge in [0.1, 0.15) is 0 Å². The Hall–Kier alpha value is -1.21. The Balaban J connectivity index is 1.41. The molecule has 3 heterocycles. The molecule has 1 aromatic heterocycles. The van der Waals surface area contributed by atoms with Crippen LogP contribution >= 0.6 is 15.9 Å². The van der Waals surface area contributed by atoms with Crippen LogP contribution in [0.2, 0.25) is 0 Å². The number of rotatable bonds is 2. The summed E-state index contributed by atoms with van der Waals surface area (Å²) in [4.78, 5) is 21.4. The van der Waals surface area contributed by atoms with Crippen LogP contribution in [0.25, 0.3) is 0 Å². The van der Waals surface area contributed by atoms with E-state index in [-0.39, 0.29) is 29.3 Å². The number of carbonyl (C=O) groups is 1. The second-order valence-corrected chi connectivity index (χ2v) is 8.85. The highest BCUT2D eigenvalue weighted by Gasteiger charge is 2.50. The minimum absolute atomic E-state index is 0.200. The normalized spacial score (nSPS) is 28.8. The van der Waals surface area contributed by atoms with Gasteiger partial charge < -0.3 is 14.9 Å². The molecular weight excluding hydrogens is 401 g/mol. The number of nitrogens with zero attached hydrogens (tertiary/aromatic N) is 3. The zero-order valence-electron chi connectivity index (χ0n) is 14.8. The Kier molecular flexibility index (Phi) is 4.94. The van der Waals surface area contributed by atoms with Crippen molar-refractivity contribution in [1.29, 1.82) is 0 Å². The lowest BCUT2D eigenvalue weighted by Gasteiger charge is -2.40. The third kappa shape index (κ3) is 3.24. The number of anilines is 1. The van der Waals surface area contributed by atoms with E-state index in [0.717, 1.165) is 51.5 Å². The summed E-state index contributed by atoms with van der Waals surface area (Å²) in [5, 5.41) is 9.71. The standard InChI is InChI=1S/C19H25BrFN3O2/c20-13-11-16(21)17(22-12-13)23-8-5-19(6-9-23)7-10-24(18(19)26)14-1-3-15(25)4-2-14/h11-12,14-15,25H,1-10H2/t14-,15-. The molecular formula is C19H25BrFN3O2. The number of piperidine rings is 1. The predicted octanol–water partition coefficient (Wildman–Crippen LogP) is 3.11. The second kappa shape index (κ2) is 7.08. The number of aliphatic hydroxyl groups is 1. The third-order valence-corrected chi connectivity index (χ3v) is 6.89. The van der Waals surface area contributed by atoms with Crippen LogP contribution in [-0.2, 0) is 4.79 Å². The van der Waals surface area contributed by atoms with Gasteiger partial charge in [-0.15, -0.1) is 0 Å². The van der Waals surface area contributed by atoms with Gasteiger partial charge in [0.15, 0.2) is 11.6 Å². The highest BCUT2D eigenvalue weighted by atomic mass is 79.9. The van der Waals surface area contributed by atoms with E-state index < -0.39 is 0 Å². The Morgan fingerprint density at radius 3 is 2.46 bits per heavy atom. The Bertz CT molecular complexity index is 685. The zero-order valence-corrected chi connectivity index (χ0v) is 16.4. The monoisotopic (exact) mass is 425 g/mol. The maximum atomic E-state index is 14.2. The van der Waals surface area contributed by atoms with Gasteiger partial charge in [-0.3, -0.25) is 4.79 Å². The van der Waals surface area contributed by atoms with Gasteiger partial charge >= 0.3 is 0 Å². The average Bonchev–Trinajstić information content (AvgIpc) is 2.94. The van der Waals surface area contributed by atoms with Crippen molar-refractivity contribution in [2.45, 2.75) is 57.1 Å². The first-order valence-electron chi connectivity index (χ1n) is 9.54. The van der Waals surface area contributed by atoms with Crippen molar-refractivity contribution in [3.8, 4) is 0 Å². The fraction of sp³-hybridized carbons (Fsp3) is 0.684. The molecule has 7 heteroatoms. The van der Waals surface area contributed by atoms with E-state index in [1.165, 1.54) is 6.07 Å². The number of hydrogen-bond acceptors (Lipinski definition) is 4. The SMILES string of the molecule is O=C1N([C@H]2CC[C@H](O)CC2)CCC12CCN(c1ncc(Br)cc1F)CC2. The van der Waals surface area contributed by atoms with Crippen LogP contribution in [0.3, 0.4) is 0 Å². The van der Waals surface area contributed by atoms with Crippen LogP contribution in [0.15, 0.2) is 16.7 Å². The lowest BCUT2D eigenvalue weighted by molar-refractivity contribution is -0.139. The molecule has 1 aliphatic carbocycles. The first-order chi connectivity index (χ1) is 12.5. The summed E-state index contributed by atoms with van der Waals surface area (Å²) in [7, 11) is 0. The summed E-state index contributed by atoms with van der Waals surface area (Å²) in [6.45, 7) is 2.15. The van der Waals surface area contributed by atoms with Gasteiger partial charge in [-0.05, 0) is 66.9 Å². The summed E-state index contributed by atoms with van der Waals surface area (Å²) in [5.74, 6) is 0.338. The molecule has 2 aliphatic heterocycles. The second-order valence-electron chi connectivity index (χ2n) is 7.94. The van der Waals surface area contributed by atoms with E-state index in [0.29, 0.717) is 23.4 Å². The first kappa shape index (κ1) is 18.2. The Morgan fingerprint density at radius 1 is 1.15 bits per heavy atom. The molecule has 0 radical (unpaired) electrons. The number of halogens is 2. The topological polar surface area (TPSA) is 56.7 Å². The molecule has 1 N–H and O–H groups in total. The molecule has 3 fully saturated rings. The maximum absolute atomic E-state index is 14.2. The van der Waals surface area contributed by atoms with Crippen LogP contribution in [0.5, 0.6) is 0 Å². The number of pyridine rings is 1. The molecule has 0 atom stereocenters. The molecule has 1 spiro atoms. The smallest absolute Gasteiger partial charge is 0.229 e. The van der Waals surface area contributed by atoms with E-state index >= 15 is 0 Å². The van der Waals surface area contributed by atoms with Crippen LogP contribution in [0, 0.1) is 11.2 Å². The summed E-state index contributed by atoms with van der Waals surface area (Å²) in [6.07, 6.45) is 7.23. The van der Waals surface area contributed by atoms with Crippen molar-refractivity contribution in [2.75, 3.05) is 24.5 Å². The van der Waals surface area contributed by atoms with Crippen molar-refractivity contribution in [3.05, 3.63) is 22.6 Å². The van der Waals surface area contributed by atoms with E-state index in [1.807, 2.05) is 4.90 Å². The zero-order chi connectivity index (χ0) is 18.3. The van der Waals surface area contributed by atoms with Gasteiger partial charge in [0.2, 0.25) is 5.91 Å². The largest absolute Gasteiger partial charge is 0.393 e. The highest BCUT2D eigenvalue weighted by Crippen LogP contribution is 2.44. The molecule has 142 valence electrons. The summed E-state index contributed by atoms with van der Waals surface area (Å²) < 4.78 is 14.8. The number of aromatic nitrogens is 1. The number of carbonyl (C=O) groups excluding carboxylic acids is 1. The van der Waals surface area contributed by atoms with E-state index in [1.54, 1.807) is 6.20 Å². The Labute approximate surface area is 161 Å². The number of amides is 1. The van der Waals surface area contributed by atoms with Crippen molar-refractivity contribution in [1.82, 2.24) is 9.88 Å². The van der Waals surface area contributed by atoms with Gasteiger partial charge in [-0.2, -0.15) is 0 Å². The maximum Gasteiger partial charge on any atom is 0.229 e. The quantitative estimate of drug-likeness (QED) is 0.790. The van der Waals surface area contributed by atoms with Crippen LogP contribution in [-0.4, -0.2) is 52.7 Å². The molecule has 2 saturated heterocycles. The van der Waals surface area contributed by atoms with Crippen LogP contribution in [0.1, 0.15) is 44.9 Å². The lowest BCUT2D eigenvalue weighted by Crippen LogP contribution is -2.47. The van der Waals surface area contributed by atoms with Crippen LogP contribution in [0.4, 0.5) is 10.2 Å². The van der Waals surface area contributed by atoms with Gasteiger partial charge in [0.25, 0.3) is 0 Å². The average molecular weight is 426 g/mol. The van der Waals surface area contributed by atoms with Gasteiger partial charge in [0, 0.05) is 36.3 Å². The molecule has 1 amide bonds. The van der Waals surface area contributed by atoms with Crippen molar-refractivity contribution >= 4 is 27.7 Å². The van der Waals surface area contributed by atoms with E-state index in [9.17, 15) is 14.3 Å². The summed E-state index contributed by atoms with van der Waals surface area (Å²) >= 11 is 3.24. The summed E-state index contributed by atoms with van der Waals surface area (Å²) in [6, 6.07) is 1.72. The lowest BCUT2D eigenvalue weighted by atomic mass is 9.77. The summed E-state index contributed by atoms with van der Waals surface area (Å²) in [5.41, 5.74) is -0.279.